The third-order valence-corrected chi connectivity index (χ3v) is 3.14. The zero-order chi connectivity index (χ0) is 13.3. The highest BCUT2D eigenvalue weighted by Crippen LogP contribution is 2.26. The van der Waals surface area contributed by atoms with Gasteiger partial charge in [0, 0.05) is 6.20 Å². The van der Waals surface area contributed by atoms with Gasteiger partial charge in [0.2, 0.25) is 0 Å². The number of carboxylic acids is 1. The lowest BCUT2D eigenvalue weighted by molar-refractivity contribution is -0.138. The predicted molar refractivity (Wildman–Crippen MR) is 76.9 cm³/mol. The Balaban J connectivity index is 0.00000180. The fourth-order valence-corrected chi connectivity index (χ4v) is 1.97. The molecular weight excluding hydrogens is 311 g/mol. The molecule has 1 atom stereocenters. The van der Waals surface area contributed by atoms with Crippen LogP contribution in [0.3, 0.4) is 0 Å². The van der Waals surface area contributed by atoms with E-state index in [4.69, 9.17) is 28.3 Å². The van der Waals surface area contributed by atoms with Gasteiger partial charge >= 0.3 is 5.97 Å². The minimum Gasteiger partial charge on any atom is -0.481 e. The Morgan fingerprint density at radius 1 is 1.42 bits per heavy atom. The Kier molecular flexibility index (Phi) is 5.23. The molecule has 0 bridgehead atoms. The molecule has 0 amide bonds. The van der Waals surface area contributed by atoms with Gasteiger partial charge in [-0.05, 0) is 24.6 Å². The summed E-state index contributed by atoms with van der Waals surface area (Å²) < 4.78 is 1.54. The van der Waals surface area contributed by atoms with E-state index in [9.17, 15) is 4.79 Å². The summed E-state index contributed by atoms with van der Waals surface area (Å²) in [5.41, 5.74) is 1.31. The number of halogens is 3. The Labute approximate surface area is 126 Å². The summed E-state index contributed by atoms with van der Waals surface area (Å²) in [7, 11) is 0. The van der Waals surface area contributed by atoms with Crippen molar-refractivity contribution >= 4 is 41.6 Å². The zero-order valence-electron chi connectivity index (χ0n) is 9.88. The van der Waals surface area contributed by atoms with Crippen molar-refractivity contribution < 1.29 is 9.90 Å². The largest absolute Gasteiger partial charge is 0.481 e. The van der Waals surface area contributed by atoms with E-state index < -0.39 is 11.9 Å². The van der Waals surface area contributed by atoms with E-state index in [-0.39, 0.29) is 12.4 Å². The Morgan fingerprint density at radius 3 is 2.58 bits per heavy atom. The molecule has 0 aliphatic heterocycles. The number of carbonyl (C=O) groups is 1. The van der Waals surface area contributed by atoms with E-state index in [0.717, 1.165) is 0 Å². The number of aliphatic carboxylic acids is 1. The molecule has 0 aliphatic carbocycles. The second-order valence-electron chi connectivity index (χ2n) is 3.87. The van der Waals surface area contributed by atoms with E-state index >= 15 is 0 Å². The molecular formula is C12H11Cl3N2O2. The van der Waals surface area contributed by atoms with Gasteiger partial charge in [0.25, 0.3) is 0 Å². The number of rotatable bonds is 3. The van der Waals surface area contributed by atoms with Crippen LogP contribution in [-0.4, -0.2) is 20.9 Å². The fourth-order valence-electron chi connectivity index (χ4n) is 1.55. The van der Waals surface area contributed by atoms with Crippen molar-refractivity contribution in [1.29, 1.82) is 0 Å². The summed E-state index contributed by atoms with van der Waals surface area (Å²) in [6.07, 6.45) is 3.13. The van der Waals surface area contributed by atoms with E-state index in [0.29, 0.717) is 21.3 Å². The molecule has 2 rings (SSSR count). The maximum atomic E-state index is 10.9. The molecule has 0 spiro atoms. The van der Waals surface area contributed by atoms with Crippen molar-refractivity contribution in [3.05, 3.63) is 46.2 Å². The number of carboxylic acid groups (broad SMARTS) is 1. The smallest absolute Gasteiger partial charge is 0.310 e. The van der Waals surface area contributed by atoms with Crippen molar-refractivity contribution in [2.24, 2.45) is 0 Å². The third kappa shape index (κ3) is 3.41. The van der Waals surface area contributed by atoms with E-state index in [1.807, 2.05) is 0 Å². The number of aromatic nitrogens is 2. The first kappa shape index (κ1) is 15.8. The lowest BCUT2D eigenvalue weighted by Crippen LogP contribution is -2.07. The summed E-state index contributed by atoms with van der Waals surface area (Å²) in [6, 6.07) is 5.07. The first-order valence-electron chi connectivity index (χ1n) is 5.22. The molecule has 7 heteroatoms. The number of hydrogen-bond donors (Lipinski definition) is 1. The van der Waals surface area contributed by atoms with Gasteiger partial charge in [-0.2, -0.15) is 5.10 Å². The third-order valence-electron chi connectivity index (χ3n) is 2.64. The number of hydrogen-bond acceptors (Lipinski definition) is 2. The highest BCUT2D eigenvalue weighted by Gasteiger charge is 2.15. The number of nitrogens with zero attached hydrogens (tertiary/aromatic N) is 2. The van der Waals surface area contributed by atoms with Crippen LogP contribution in [0.2, 0.25) is 10.0 Å². The van der Waals surface area contributed by atoms with Gasteiger partial charge in [0.1, 0.15) is 0 Å². The summed E-state index contributed by atoms with van der Waals surface area (Å²) in [4.78, 5) is 10.9. The highest BCUT2D eigenvalue weighted by atomic mass is 35.5. The second-order valence-corrected chi connectivity index (χ2v) is 4.72. The topological polar surface area (TPSA) is 55.1 Å². The summed E-state index contributed by atoms with van der Waals surface area (Å²) >= 11 is 11.9. The SMILES string of the molecule is CC(C(=O)O)c1ccc(-n2cc(Cl)cn2)c(Cl)c1.Cl. The van der Waals surface area contributed by atoms with Crippen molar-refractivity contribution in [2.45, 2.75) is 12.8 Å². The zero-order valence-corrected chi connectivity index (χ0v) is 12.2. The maximum absolute atomic E-state index is 10.9. The van der Waals surface area contributed by atoms with Gasteiger partial charge in [-0.15, -0.1) is 12.4 Å². The van der Waals surface area contributed by atoms with E-state index in [1.165, 1.54) is 6.20 Å². The molecule has 1 unspecified atom stereocenters. The van der Waals surface area contributed by atoms with Crippen LogP contribution in [0.1, 0.15) is 18.4 Å². The molecule has 1 heterocycles. The van der Waals surface area contributed by atoms with Crippen LogP contribution in [0.5, 0.6) is 0 Å². The second kappa shape index (κ2) is 6.28. The molecule has 0 saturated heterocycles. The molecule has 0 saturated carbocycles. The van der Waals surface area contributed by atoms with Crippen LogP contribution in [-0.2, 0) is 4.79 Å². The monoisotopic (exact) mass is 320 g/mol. The van der Waals surface area contributed by atoms with Gasteiger partial charge < -0.3 is 5.11 Å². The van der Waals surface area contributed by atoms with Crippen LogP contribution >= 0.6 is 35.6 Å². The minimum absolute atomic E-state index is 0. The van der Waals surface area contributed by atoms with Gasteiger partial charge in [0.05, 0.1) is 27.8 Å². The van der Waals surface area contributed by atoms with Crippen molar-refractivity contribution in [3.63, 3.8) is 0 Å². The predicted octanol–water partition coefficient (Wildman–Crippen LogP) is 3.79. The lowest BCUT2D eigenvalue weighted by Gasteiger charge is -2.10. The Morgan fingerprint density at radius 2 is 2.11 bits per heavy atom. The standard InChI is InChI=1S/C12H10Cl2N2O2.ClH/c1-7(12(17)18)8-2-3-11(10(14)4-8)16-6-9(13)5-15-16;/h2-7H,1H3,(H,17,18);1H. The summed E-state index contributed by atoms with van der Waals surface area (Å²) in [5, 5.41) is 13.9. The molecule has 19 heavy (non-hydrogen) atoms. The quantitative estimate of drug-likeness (QED) is 0.935. The Hall–Kier alpha value is -1.23. The summed E-state index contributed by atoms with van der Waals surface area (Å²) in [5.74, 6) is -1.49. The average Bonchev–Trinajstić information content (AvgIpc) is 2.74. The van der Waals surface area contributed by atoms with Crippen molar-refractivity contribution in [2.75, 3.05) is 0 Å². The molecule has 0 aliphatic rings. The van der Waals surface area contributed by atoms with Gasteiger partial charge in [-0.25, -0.2) is 4.68 Å². The molecule has 1 N–H and O–H groups in total. The van der Waals surface area contributed by atoms with Crippen LogP contribution in [0, 0.1) is 0 Å². The lowest BCUT2D eigenvalue weighted by atomic mass is 10.0. The minimum atomic E-state index is -0.888. The van der Waals surface area contributed by atoms with E-state index in [2.05, 4.69) is 5.10 Å². The van der Waals surface area contributed by atoms with Crippen molar-refractivity contribution in [3.8, 4) is 5.69 Å². The molecule has 102 valence electrons. The molecule has 2 aromatic rings. The molecule has 0 radical (unpaired) electrons. The average molecular weight is 322 g/mol. The summed E-state index contributed by atoms with van der Waals surface area (Å²) in [6.45, 7) is 1.61. The molecule has 1 aromatic carbocycles. The first-order valence-corrected chi connectivity index (χ1v) is 5.97. The van der Waals surface area contributed by atoms with Crippen LogP contribution in [0.25, 0.3) is 5.69 Å². The fraction of sp³-hybridized carbons (Fsp3) is 0.167. The van der Waals surface area contributed by atoms with Gasteiger partial charge in [0.15, 0.2) is 0 Å². The van der Waals surface area contributed by atoms with Gasteiger partial charge in [-0.1, -0.05) is 29.3 Å². The van der Waals surface area contributed by atoms with Crippen LogP contribution in [0.15, 0.2) is 30.6 Å². The molecule has 0 fully saturated rings. The number of benzene rings is 1. The Bertz CT molecular complexity index is 598. The van der Waals surface area contributed by atoms with Gasteiger partial charge in [-0.3, -0.25) is 4.79 Å². The van der Waals surface area contributed by atoms with E-state index in [1.54, 1.807) is 36.0 Å². The van der Waals surface area contributed by atoms with Crippen LogP contribution < -0.4 is 0 Å². The molecule has 1 aromatic heterocycles. The highest BCUT2D eigenvalue weighted by molar-refractivity contribution is 6.32. The first-order chi connectivity index (χ1) is 8.49. The normalized spacial score (nSPS) is 11.7. The van der Waals surface area contributed by atoms with Crippen molar-refractivity contribution in [1.82, 2.24) is 9.78 Å². The maximum Gasteiger partial charge on any atom is 0.310 e. The molecule has 4 nitrogen and oxygen atoms in total. The van der Waals surface area contributed by atoms with Crippen LogP contribution in [0.4, 0.5) is 0 Å².